The van der Waals surface area contributed by atoms with E-state index in [4.69, 9.17) is 4.74 Å². The number of hydrogen-bond donors (Lipinski definition) is 0. The third-order valence-electron chi connectivity index (χ3n) is 3.45. The molecule has 14 heavy (non-hydrogen) atoms. The fraction of sp³-hybridized carbons (Fsp3) is 1.00. The molecule has 2 fully saturated rings. The van der Waals surface area contributed by atoms with Crippen molar-refractivity contribution in [2.45, 2.75) is 39.5 Å². The lowest BCUT2D eigenvalue weighted by molar-refractivity contribution is -0.0391. The molecule has 2 heterocycles. The van der Waals surface area contributed by atoms with Crippen molar-refractivity contribution in [1.29, 1.82) is 0 Å². The largest absolute Gasteiger partial charge is 0.381 e. The summed E-state index contributed by atoms with van der Waals surface area (Å²) in [5.41, 5.74) is 0.574. The second-order valence-electron chi connectivity index (χ2n) is 4.46. The van der Waals surface area contributed by atoms with Gasteiger partial charge in [-0.3, -0.25) is 0 Å². The van der Waals surface area contributed by atoms with Gasteiger partial charge < -0.3 is 9.64 Å². The molecule has 0 aliphatic carbocycles. The molecule has 0 amide bonds. The zero-order chi connectivity index (χ0) is 10.4. The molecule has 0 aromatic rings. The van der Waals surface area contributed by atoms with E-state index in [1.807, 2.05) is 13.8 Å². The maximum atomic E-state index is 5.58. The number of likely N-dealkylation sites (tertiary alicyclic amines) is 1. The van der Waals surface area contributed by atoms with Crippen LogP contribution in [0.25, 0.3) is 0 Å². The molecule has 2 rings (SSSR count). The monoisotopic (exact) mass is 199 g/mol. The van der Waals surface area contributed by atoms with Gasteiger partial charge in [0, 0.05) is 6.61 Å². The highest BCUT2D eigenvalue weighted by Crippen LogP contribution is 2.38. The van der Waals surface area contributed by atoms with Crippen LogP contribution < -0.4 is 0 Å². The number of hydrogen-bond acceptors (Lipinski definition) is 2. The van der Waals surface area contributed by atoms with Gasteiger partial charge in [-0.1, -0.05) is 13.8 Å². The first-order valence-electron chi connectivity index (χ1n) is 6.07. The molecule has 0 aromatic carbocycles. The Bertz CT molecular complexity index is 142. The van der Waals surface area contributed by atoms with Crippen molar-refractivity contribution >= 4 is 0 Å². The van der Waals surface area contributed by atoms with Crippen LogP contribution in [0.5, 0.6) is 0 Å². The average Bonchev–Trinajstić information content (AvgIpc) is 2.27. The van der Waals surface area contributed by atoms with Crippen LogP contribution in [0, 0.1) is 5.41 Å². The molecule has 2 saturated heterocycles. The average molecular weight is 199 g/mol. The lowest BCUT2D eigenvalue weighted by Gasteiger charge is -2.42. The zero-order valence-electron chi connectivity index (χ0n) is 10.0. The Morgan fingerprint density at radius 2 is 1.71 bits per heavy atom. The predicted octanol–water partition coefficient (Wildman–Crippen LogP) is 2.54. The van der Waals surface area contributed by atoms with Crippen LogP contribution >= 0.6 is 0 Å². The van der Waals surface area contributed by atoms with Crippen molar-refractivity contribution in [3.63, 3.8) is 0 Å². The molecule has 0 bridgehead atoms. The zero-order valence-corrected chi connectivity index (χ0v) is 10.0. The van der Waals surface area contributed by atoms with Gasteiger partial charge in [-0.2, -0.15) is 0 Å². The Hall–Kier alpha value is -0.0800. The molecule has 1 spiro atoms. The minimum absolute atomic E-state index is 0.574. The van der Waals surface area contributed by atoms with E-state index in [-0.39, 0.29) is 0 Å². The third-order valence-corrected chi connectivity index (χ3v) is 3.45. The fourth-order valence-electron chi connectivity index (χ4n) is 2.40. The number of piperidine rings is 1. The molecule has 0 saturated carbocycles. The highest BCUT2D eigenvalue weighted by Gasteiger charge is 2.35. The van der Waals surface area contributed by atoms with Crippen molar-refractivity contribution in [3.8, 4) is 0 Å². The normalized spacial score (nSPS) is 26.8. The minimum atomic E-state index is 0.574. The van der Waals surface area contributed by atoms with Crippen LogP contribution in [-0.4, -0.2) is 38.3 Å². The van der Waals surface area contributed by atoms with Crippen LogP contribution in [0.1, 0.15) is 39.5 Å². The van der Waals surface area contributed by atoms with E-state index in [0.29, 0.717) is 5.41 Å². The molecule has 2 aliphatic heterocycles. The lowest BCUT2D eigenvalue weighted by atomic mass is 9.74. The van der Waals surface area contributed by atoms with Crippen molar-refractivity contribution in [2.75, 3.05) is 33.4 Å². The second-order valence-corrected chi connectivity index (χ2v) is 4.46. The molecule has 0 radical (unpaired) electrons. The van der Waals surface area contributed by atoms with Crippen LogP contribution in [0.15, 0.2) is 0 Å². The van der Waals surface area contributed by atoms with Gasteiger partial charge in [-0.15, -0.1) is 0 Å². The molecule has 0 atom stereocenters. The van der Waals surface area contributed by atoms with E-state index in [1.165, 1.54) is 38.8 Å². The van der Waals surface area contributed by atoms with Crippen molar-refractivity contribution in [2.24, 2.45) is 5.41 Å². The number of ether oxygens (including phenoxy) is 1. The molecule has 0 N–H and O–H groups in total. The summed E-state index contributed by atoms with van der Waals surface area (Å²) < 4.78 is 5.58. The number of rotatable bonds is 0. The first kappa shape index (κ1) is 12.0. The predicted molar refractivity (Wildman–Crippen MR) is 60.6 cm³/mol. The first-order valence-corrected chi connectivity index (χ1v) is 6.07. The summed E-state index contributed by atoms with van der Waals surface area (Å²) in [7, 11) is 2.22. The maximum absolute atomic E-state index is 5.58. The van der Waals surface area contributed by atoms with Crippen molar-refractivity contribution in [3.05, 3.63) is 0 Å². The molecule has 2 aliphatic rings. The van der Waals surface area contributed by atoms with Gasteiger partial charge in [0.2, 0.25) is 0 Å². The molecule has 0 aromatic heterocycles. The van der Waals surface area contributed by atoms with E-state index in [1.54, 1.807) is 0 Å². The first-order chi connectivity index (χ1) is 6.81. The summed E-state index contributed by atoms with van der Waals surface area (Å²) >= 11 is 0. The fourth-order valence-corrected chi connectivity index (χ4v) is 2.40. The SMILES string of the molecule is CC.CN1CCC2(CCCOC2)CC1. The standard InChI is InChI=1S/C10H19NO.C2H6/c1-11-6-4-10(5-7-11)3-2-8-12-9-10;1-2/h2-9H2,1H3;1-2H3. The van der Waals surface area contributed by atoms with E-state index in [9.17, 15) is 0 Å². The van der Waals surface area contributed by atoms with Crippen molar-refractivity contribution in [1.82, 2.24) is 4.90 Å². The Balaban J connectivity index is 0.000000461. The van der Waals surface area contributed by atoms with E-state index in [0.717, 1.165) is 13.2 Å². The van der Waals surface area contributed by atoms with Crippen LogP contribution in [0.2, 0.25) is 0 Å². The number of nitrogens with zero attached hydrogens (tertiary/aromatic N) is 1. The Morgan fingerprint density at radius 3 is 2.21 bits per heavy atom. The summed E-state index contributed by atoms with van der Waals surface area (Å²) in [6.07, 6.45) is 5.39. The van der Waals surface area contributed by atoms with Gasteiger partial charge in [0.25, 0.3) is 0 Å². The van der Waals surface area contributed by atoms with E-state index in [2.05, 4.69) is 11.9 Å². The Morgan fingerprint density at radius 1 is 1.07 bits per heavy atom. The van der Waals surface area contributed by atoms with Crippen LogP contribution in [-0.2, 0) is 4.74 Å². The highest BCUT2D eigenvalue weighted by molar-refractivity contribution is 4.86. The van der Waals surface area contributed by atoms with Crippen molar-refractivity contribution < 1.29 is 4.74 Å². The smallest absolute Gasteiger partial charge is 0.0523 e. The molecule has 0 unspecified atom stereocenters. The van der Waals surface area contributed by atoms with Gasteiger partial charge in [0.1, 0.15) is 0 Å². The molecule has 84 valence electrons. The molecule has 2 nitrogen and oxygen atoms in total. The summed E-state index contributed by atoms with van der Waals surface area (Å²) in [5.74, 6) is 0. The second kappa shape index (κ2) is 5.72. The van der Waals surface area contributed by atoms with Crippen LogP contribution in [0.3, 0.4) is 0 Å². The summed E-state index contributed by atoms with van der Waals surface area (Å²) in [5, 5.41) is 0. The van der Waals surface area contributed by atoms with E-state index >= 15 is 0 Å². The van der Waals surface area contributed by atoms with Gasteiger partial charge >= 0.3 is 0 Å². The van der Waals surface area contributed by atoms with Crippen LogP contribution in [0.4, 0.5) is 0 Å². The summed E-state index contributed by atoms with van der Waals surface area (Å²) in [6, 6.07) is 0. The molecular weight excluding hydrogens is 174 g/mol. The maximum Gasteiger partial charge on any atom is 0.0523 e. The highest BCUT2D eigenvalue weighted by atomic mass is 16.5. The van der Waals surface area contributed by atoms with Gasteiger partial charge in [0.05, 0.1) is 6.61 Å². The van der Waals surface area contributed by atoms with Gasteiger partial charge in [-0.25, -0.2) is 0 Å². The Labute approximate surface area is 88.6 Å². The minimum Gasteiger partial charge on any atom is -0.381 e. The summed E-state index contributed by atoms with van der Waals surface area (Å²) in [4.78, 5) is 2.43. The summed E-state index contributed by atoms with van der Waals surface area (Å²) in [6.45, 7) is 8.56. The van der Waals surface area contributed by atoms with Gasteiger partial charge in [0.15, 0.2) is 0 Å². The molecular formula is C12H25NO. The Kier molecular flexibility index (Phi) is 4.90. The van der Waals surface area contributed by atoms with Gasteiger partial charge in [-0.05, 0) is 51.2 Å². The topological polar surface area (TPSA) is 12.5 Å². The lowest BCUT2D eigenvalue weighted by Crippen LogP contribution is -2.42. The molecule has 2 heteroatoms. The third kappa shape index (κ3) is 2.96. The van der Waals surface area contributed by atoms with E-state index < -0.39 is 0 Å². The quantitative estimate of drug-likeness (QED) is 0.594.